The van der Waals surface area contributed by atoms with Crippen molar-refractivity contribution in [2.45, 2.75) is 6.92 Å². The van der Waals surface area contributed by atoms with Gasteiger partial charge in [0.15, 0.2) is 0 Å². The fourth-order valence-electron chi connectivity index (χ4n) is 1.62. The summed E-state index contributed by atoms with van der Waals surface area (Å²) in [5.74, 6) is -0.968. The van der Waals surface area contributed by atoms with Crippen LogP contribution in [0.25, 0.3) is 11.1 Å². The molecule has 0 aliphatic rings. The van der Waals surface area contributed by atoms with E-state index in [1.807, 2.05) is 0 Å². The second-order valence-corrected chi connectivity index (χ2v) is 3.65. The number of aromatic nitrogens is 1. The van der Waals surface area contributed by atoms with E-state index in [1.54, 1.807) is 43.6 Å². The normalized spacial score (nSPS) is 10.1. The first-order valence-corrected chi connectivity index (χ1v) is 5.59. The van der Waals surface area contributed by atoms with E-state index in [-0.39, 0.29) is 12.2 Å². The van der Waals surface area contributed by atoms with Crippen LogP contribution in [0.4, 0.5) is 4.39 Å². The van der Waals surface area contributed by atoms with Crippen LogP contribution in [-0.2, 0) is 4.74 Å². The van der Waals surface area contributed by atoms with Gasteiger partial charge in [0.05, 0.1) is 12.2 Å². The third-order valence-corrected chi connectivity index (χ3v) is 2.47. The molecule has 0 bridgehead atoms. The average molecular weight is 245 g/mol. The topological polar surface area (TPSA) is 39.2 Å². The molecule has 2 aromatic rings. The highest BCUT2D eigenvalue weighted by molar-refractivity contribution is 5.90. The molecule has 0 spiro atoms. The number of rotatable bonds is 3. The Kier molecular flexibility index (Phi) is 3.67. The van der Waals surface area contributed by atoms with Gasteiger partial charge >= 0.3 is 5.97 Å². The molecule has 0 amide bonds. The van der Waals surface area contributed by atoms with E-state index in [0.717, 1.165) is 5.56 Å². The highest BCUT2D eigenvalue weighted by atomic mass is 19.1. The molecule has 0 saturated carbocycles. The van der Waals surface area contributed by atoms with E-state index in [1.165, 1.54) is 6.07 Å². The molecule has 0 aliphatic heterocycles. The smallest absolute Gasteiger partial charge is 0.338 e. The molecule has 92 valence electrons. The zero-order valence-corrected chi connectivity index (χ0v) is 9.89. The molecule has 0 fully saturated rings. The minimum atomic E-state index is -0.516. The lowest BCUT2D eigenvalue weighted by atomic mass is 10.0. The summed E-state index contributed by atoms with van der Waals surface area (Å²) in [6.45, 7) is 1.98. The number of halogens is 1. The number of hydrogen-bond donors (Lipinski definition) is 0. The third-order valence-electron chi connectivity index (χ3n) is 2.47. The molecule has 4 heteroatoms. The molecule has 3 nitrogen and oxygen atoms in total. The fraction of sp³-hybridized carbons (Fsp3) is 0.143. The van der Waals surface area contributed by atoms with Crippen LogP contribution >= 0.6 is 0 Å². The summed E-state index contributed by atoms with van der Waals surface area (Å²) in [6, 6.07) is 7.73. The van der Waals surface area contributed by atoms with Gasteiger partial charge in [0.2, 0.25) is 0 Å². The number of carbonyl (C=O) groups is 1. The Labute approximate surface area is 104 Å². The maximum atomic E-state index is 13.9. The lowest BCUT2D eigenvalue weighted by Gasteiger charge is -2.06. The summed E-state index contributed by atoms with van der Waals surface area (Å²) in [4.78, 5) is 15.3. The Morgan fingerprint density at radius 1 is 1.28 bits per heavy atom. The van der Waals surface area contributed by atoms with Crippen LogP contribution in [0.5, 0.6) is 0 Å². The van der Waals surface area contributed by atoms with E-state index in [0.29, 0.717) is 5.56 Å². The zero-order chi connectivity index (χ0) is 13.0. The first-order valence-electron chi connectivity index (χ1n) is 5.59. The van der Waals surface area contributed by atoms with Gasteiger partial charge in [-0.2, -0.15) is 0 Å². The Hall–Kier alpha value is -2.23. The summed E-state index contributed by atoms with van der Waals surface area (Å²) in [6.07, 6.45) is 3.18. The first kappa shape index (κ1) is 12.2. The predicted molar refractivity (Wildman–Crippen MR) is 65.6 cm³/mol. The molecule has 0 radical (unpaired) electrons. The molecule has 0 atom stereocenters. The van der Waals surface area contributed by atoms with Crippen molar-refractivity contribution < 1.29 is 13.9 Å². The minimum Gasteiger partial charge on any atom is -0.462 e. The standard InChI is InChI=1S/C14H12FNO2/c1-2-18-14(17)11-3-4-12(13(15)9-11)10-5-7-16-8-6-10/h3-9H,2H2,1H3. The molecule has 0 saturated heterocycles. The van der Waals surface area contributed by atoms with E-state index in [4.69, 9.17) is 4.74 Å². The monoisotopic (exact) mass is 245 g/mol. The van der Waals surface area contributed by atoms with E-state index < -0.39 is 11.8 Å². The van der Waals surface area contributed by atoms with Gasteiger partial charge in [0.1, 0.15) is 5.82 Å². The number of hydrogen-bond acceptors (Lipinski definition) is 3. The van der Waals surface area contributed by atoms with Crippen molar-refractivity contribution in [3.63, 3.8) is 0 Å². The van der Waals surface area contributed by atoms with E-state index >= 15 is 0 Å². The van der Waals surface area contributed by atoms with Crippen LogP contribution in [0.15, 0.2) is 42.7 Å². The minimum absolute atomic E-state index is 0.215. The van der Waals surface area contributed by atoms with Crippen molar-refractivity contribution in [2.75, 3.05) is 6.61 Å². The average Bonchev–Trinajstić information content (AvgIpc) is 2.40. The van der Waals surface area contributed by atoms with Gasteiger partial charge in [-0.1, -0.05) is 6.07 Å². The van der Waals surface area contributed by atoms with Gasteiger partial charge in [0.25, 0.3) is 0 Å². The lowest BCUT2D eigenvalue weighted by molar-refractivity contribution is 0.0526. The van der Waals surface area contributed by atoms with E-state index in [2.05, 4.69) is 4.98 Å². The van der Waals surface area contributed by atoms with Crippen LogP contribution in [-0.4, -0.2) is 17.6 Å². The SMILES string of the molecule is CCOC(=O)c1ccc(-c2ccncc2)c(F)c1. The molecule has 2 rings (SSSR count). The van der Waals surface area contributed by atoms with Crippen LogP contribution in [0.2, 0.25) is 0 Å². The summed E-state index contributed by atoms with van der Waals surface area (Å²) < 4.78 is 18.7. The Morgan fingerprint density at radius 2 is 2.00 bits per heavy atom. The van der Waals surface area contributed by atoms with Crippen molar-refractivity contribution in [1.82, 2.24) is 4.98 Å². The third kappa shape index (κ3) is 2.53. The summed E-state index contributed by atoms with van der Waals surface area (Å²) >= 11 is 0. The van der Waals surface area contributed by atoms with Crippen molar-refractivity contribution in [1.29, 1.82) is 0 Å². The highest BCUT2D eigenvalue weighted by Gasteiger charge is 2.11. The molecular formula is C14H12FNO2. The number of nitrogens with zero attached hydrogens (tertiary/aromatic N) is 1. The maximum Gasteiger partial charge on any atom is 0.338 e. The summed E-state index contributed by atoms with van der Waals surface area (Å²) in [7, 11) is 0. The predicted octanol–water partition coefficient (Wildman–Crippen LogP) is 3.06. The number of ether oxygens (including phenoxy) is 1. The second-order valence-electron chi connectivity index (χ2n) is 3.65. The summed E-state index contributed by atoms with van der Waals surface area (Å²) in [5, 5.41) is 0. The molecule has 0 N–H and O–H groups in total. The Morgan fingerprint density at radius 3 is 2.61 bits per heavy atom. The highest BCUT2D eigenvalue weighted by Crippen LogP contribution is 2.23. The summed E-state index contributed by atoms with van der Waals surface area (Å²) in [5.41, 5.74) is 1.37. The Bertz CT molecular complexity index is 555. The van der Waals surface area contributed by atoms with Crippen molar-refractivity contribution >= 4 is 5.97 Å². The molecule has 1 aromatic heterocycles. The number of pyridine rings is 1. The van der Waals surface area contributed by atoms with Gasteiger partial charge in [-0.15, -0.1) is 0 Å². The zero-order valence-electron chi connectivity index (χ0n) is 9.89. The Balaban J connectivity index is 2.34. The molecule has 1 heterocycles. The van der Waals surface area contributed by atoms with E-state index in [9.17, 15) is 9.18 Å². The number of carbonyl (C=O) groups excluding carboxylic acids is 1. The molecule has 0 unspecified atom stereocenters. The van der Waals surface area contributed by atoms with Crippen LogP contribution < -0.4 is 0 Å². The van der Waals surface area contributed by atoms with Gasteiger partial charge in [-0.25, -0.2) is 9.18 Å². The first-order chi connectivity index (χ1) is 8.72. The second kappa shape index (κ2) is 5.40. The van der Waals surface area contributed by atoms with Gasteiger partial charge in [-0.3, -0.25) is 4.98 Å². The number of benzene rings is 1. The lowest BCUT2D eigenvalue weighted by Crippen LogP contribution is -2.05. The van der Waals surface area contributed by atoms with Crippen LogP contribution in [0.3, 0.4) is 0 Å². The van der Waals surface area contributed by atoms with Gasteiger partial charge < -0.3 is 4.74 Å². The molecule has 18 heavy (non-hydrogen) atoms. The molecular weight excluding hydrogens is 233 g/mol. The van der Waals surface area contributed by atoms with Crippen molar-refractivity contribution in [3.05, 3.63) is 54.1 Å². The van der Waals surface area contributed by atoms with Crippen LogP contribution in [0, 0.1) is 5.82 Å². The van der Waals surface area contributed by atoms with Crippen molar-refractivity contribution in [3.8, 4) is 11.1 Å². The van der Waals surface area contributed by atoms with Crippen LogP contribution in [0.1, 0.15) is 17.3 Å². The van der Waals surface area contributed by atoms with Crippen molar-refractivity contribution in [2.24, 2.45) is 0 Å². The van der Waals surface area contributed by atoms with Gasteiger partial charge in [0, 0.05) is 18.0 Å². The fourth-order valence-corrected chi connectivity index (χ4v) is 1.62. The largest absolute Gasteiger partial charge is 0.462 e. The molecule has 1 aromatic carbocycles. The maximum absolute atomic E-state index is 13.9. The quantitative estimate of drug-likeness (QED) is 0.780. The van der Waals surface area contributed by atoms with Gasteiger partial charge in [-0.05, 0) is 36.8 Å². The molecule has 0 aliphatic carbocycles. The number of esters is 1.